The highest BCUT2D eigenvalue weighted by atomic mass is 16.5. The Morgan fingerprint density at radius 3 is 2.61 bits per heavy atom. The minimum absolute atomic E-state index is 0.0850. The van der Waals surface area contributed by atoms with E-state index in [1.807, 2.05) is 30.3 Å². The zero-order valence-corrected chi connectivity index (χ0v) is 12.8. The number of aryl methyl sites for hydroxylation is 1. The molecule has 8 nitrogen and oxygen atoms in total. The number of aromatic nitrogens is 2. The van der Waals surface area contributed by atoms with E-state index in [-0.39, 0.29) is 12.5 Å². The number of rotatable bonds is 7. The molecule has 0 bridgehead atoms. The summed E-state index contributed by atoms with van der Waals surface area (Å²) in [6.45, 7) is 2.41. The Morgan fingerprint density at radius 2 is 1.91 bits per heavy atom. The molecule has 23 heavy (non-hydrogen) atoms. The third-order valence-electron chi connectivity index (χ3n) is 2.94. The molecule has 1 aromatic heterocycles. The second-order valence-electron chi connectivity index (χ2n) is 4.86. The number of urea groups is 1. The van der Waals surface area contributed by atoms with Crippen molar-refractivity contribution in [3.8, 4) is 0 Å². The maximum atomic E-state index is 11.6. The zero-order valence-electron chi connectivity index (χ0n) is 12.8. The number of amides is 3. The van der Waals surface area contributed by atoms with E-state index in [0.29, 0.717) is 31.2 Å². The molecular weight excluding hydrogens is 298 g/mol. The van der Waals surface area contributed by atoms with Crippen LogP contribution in [0.25, 0.3) is 0 Å². The molecule has 1 heterocycles. The number of hydrogen-bond donors (Lipinski definition) is 3. The van der Waals surface area contributed by atoms with Gasteiger partial charge in [-0.2, -0.15) is 4.98 Å². The van der Waals surface area contributed by atoms with Crippen molar-refractivity contribution < 1.29 is 14.1 Å². The fourth-order valence-corrected chi connectivity index (χ4v) is 1.81. The first kappa shape index (κ1) is 16.5. The molecule has 0 aliphatic carbocycles. The van der Waals surface area contributed by atoms with Crippen molar-refractivity contribution in [1.82, 2.24) is 26.1 Å². The van der Waals surface area contributed by atoms with Gasteiger partial charge in [0.25, 0.3) is 0 Å². The van der Waals surface area contributed by atoms with Crippen molar-refractivity contribution in [2.45, 2.75) is 19.9 Å². The number of hydrogen-bond acceptors (Lipinski definition) is 5. The highest BCUT2D eigenvalue weighted by Gasteiger charge is 2.06. The highest BCUT2D eigenvalue weighted by molar-refractivity contribution is 5.83. The van der Waals surface area contributed by atoms with Gasteiger partial charge >= 0.3 is 6.03 Å². The molecule has 0 fully saturated rings. The minimum atomic E-state index is -0.420. The Labute approximate surface area is 133 Å². The summed E-state index contributed by atoms with van der Waals surface area (Å²) in [5.74, 6) is 0.763. The largest absolute Gasteiger partial charge is 0.350 e. The van der Waals surface area contributed by atoms with Crippen LogP contribution in [0.1, 0.15) is 17.3 Å². The van der Waals surface area contributed by atoms with Gasteiger partial charge in [-0.1, -0.05) is 35.5 Å². The lowest BCUT2D eigenvalue weighted by molar-refractivity contribution is -0.120. The van der Waals surface area contributed by atoms with Crippen molar-refractivity contribution in [3.05, 3.63) is 47.6 Å². The number of carbonyl (C=O) groups is 2. The van der Waals surface area contributed by atoms with E-state index in [0.717, 1.165) is 5.56 Å². The van der Waals surface area contributed by atoms with Crippen LogP contribution in [0, 0.1) is 6.92 Å². The van der Waals surface area contributed by atoms with Gasteiger partial charge in [-0.05, 0) is 12.5 Å². The Bertz CT molecular complexity index is 642. The van der Waals surface area contributed by atoms with Gasteiger partial charge in [-0.3, -0.25) is 4.79 Å². The molecule has 3 N–H and O–H groups in total. The molecule has 2 rings (SSSR count). The van der Waals surface area contributed by atoms with Crippen molar-refractivity contribution in [3.63, 3.8) is 0 Å². The SMILES string of the molecule is Cc1noc(CCNC(=O)NCC(=O)NCc2ccccc2)n1. The maximum Gasteiger partial charge on any atom is 0.315 e. The quantitative estimate of drug-likeness (QED) is 0.690. The second kappa shape index (κ2) is 8.52. The van der Waals surface area contributed by atoms with E-state index in [2.05, 4.69) is 26.1 Å². The Kier molecular flexibility index (Phi) is 6.10. The number of nitrogens with zero attached hydrogens (tertiary/aromatic N) is 2. The molecule has 1 aromatic carbocycles. The van der Waals surface area contributed by atoms with Gasteiger partial charge in [0.15, 0.2) is 5.82 Å². The summed E-state index contributed by atoms with van der Waals surface area (Å²) in [6, 6.07) is 9.12. The Morgan fingerprint density at radius 1 is 1.13 bits per heavy atom. The molecule has 0 aliphatic rings. The number of nitrogens with one attached hydrogen (secondary N) is 3. The van der Waals surface area contributed by atoms with Crippen molar-refractivity contribution in [2.24, 2.45) is 0 Å². The van der Waals surface area contributed by atoms with Crippen LogP contribution in [0.5, 0.6) is 0 Å². The summed E-state index contributed by atoms with van der Waals surface area (Å²) < 4.78 is 4.92. The summed E-state index contributed by atoms with van der Waals surface area (Å²) in [7, 11) is 0. The summed E-state index contributed by atoms with van der Waals surface area (Å²) in [5, 5.41) is 11.5. The average molecular weight is 317 g/mol. The van der Waals surface area contributed by atoms with E-state index in [4.69, 9.17) is 4.52 Å². The van der Waals surface area contributed by atoms with Crippen LogP contribution < -0.4 is 16.0 Å². The molecule has 0 radical (unpaired) electrons. The van der Waals surface area contributed by atoms with Crippen LogP contribution in [0.3, 0.4) is 0 Å². The van der Waals surface area contributed by atoms with Gasteiger partial charge in [0.05, 0.1) is 6.54 Å². The molecule has 0 aliphatic heterocycles. The maximum absolute atomic E-state index is 11.6. The summed E-state index contributed by atoms with van der Waals surface area (Å²) >= 11 is 0. The van der Waals surface area contributed by atoms with Gasteiger partial charge in [0.2, 0.25) is 11.8 Å². The first-order valence-corrected chi connectivity index (χ1v) is 7.25. The first-order valence-electron chi connectivity index (χ1n) is 7.25. The van der Waals surface area contributed by atoms with Gasteiger partial charge in [-0.25, -0.2) is 4.79 Å². The summed E-state index contributed by atoms with van der Waals surface area (Å²) in [4.78, 5) is 27.2. The molecule has 0 saturated carbocycles. The summed E-state index contributed by atoms with van der Waals surface area (Å²) in [6.07, 6.45) is 0.439. The van der Waals surface area contributed by atoms with Gasteiger partial charge in [0.1, 0.15) is 0 Å². The molecule has 8 heteroatoms. The molecular formula is C15H19N5O3. The van der Waals surface area contributed by atoms with Gasteiger partial charge in [0, 0.05) is 19.5 Å². The Hall–Kier alpha value is -2.90. The lowest BCUT2D eigenvalue weighted by Crippen LogP contribution is -2.42. The van der Waals surface area contributed by atoms with Crippen molar-refractivity contribution in [1.29, 1.82) is 0 Å². The first-order chi connectivity index (χ1) is 11.1. The zero-order chi connectivity index (χ0) is 16.5. The molecule has 3 amide bonds. The van der Waals surface area contributed by atoms with E-state index in [1.165, 1.54) is 0 Å². The second-order valence-corrected chi connectivity index (χ2v) is 4.86. The van der Waals surface area contributed by atoms with Crippen LogP contribution in [0.2, 0.25) is 0 Å². The molecule has 0 spiro atoms. The van der Waals surface area contributed by atoms with E-state index >= 15 is 0 Å². The minimum Gasteiger partial charge on any atom is -0.350 e. The van der Waals surface area contributed by atoms with E-state index in [1.54, 1.807) is 6.92 Å². The topological polar surface area (TPSA) is 109 Å². The molecule has 2 aromatic rings. The van der Waals surface area contributed by atoms with E-state index in [9.17, 15) is 9.59 Å². The average Bonchev–Trinajstić information content (AvgIpc) is 2.97. The molecule has 0 unspecified atom stereocenters. The molecule has 122 valence electrons. The van der Waals surface area contributed by atoms with Crippen LogP contribution in [0.4, 0.5) is 4.79 Å². The van der Waals surface area contributed by atoms with Crippen molar-refractivity contribution in [2.75, 3.05) is 13.1 Å². The Balaban J connectivity index is 1.57. The normalized spacial score (nSPS) is 10.1. The monoisotopic (exact) mass is 317 g/mol. The van der Waals surface area contributed by atoms with Gasteiger partial charge < -0.3 is 20.5 Å². The van der Waals surface area contributed by atoms with Crippen LogP contribution >= 0.6 is 0 Å². The standard InChI is InChI=1S/C15H19N5O3/c1-11-19-14(23-20-11)7-8-16-15(22)18-10-13(21)17-9-12-5-3-2-4-6-12/h2-6H,7-10H2,1H3,(H,17,21)(H2,16,18,22). The van der Waals surface area contributed by atoms with Crippen LogP contribution in [-0.4, -0.2) is 35.2 Å². The van der Waals surface area contributed by atoms with Gasteiger partial charge in [-0.15, -0.1) is 0 Å². The summed E-state index contributed by atoms with van der Waals surface area (Å²) in [5.41, 5.74) is 1.00. The fourth-order valence-electron chi connectivity index (χ4n) is 1.81. The number of benzene rings is 1. The highest BCUT2D eigenvalue weighted by Crippen LogP contribution is 1.97. The number of carbonyl (C=O) groups excluding carboxylic acids is 2. The van der Waals surface area contributed by atoms with Crippen LogP contribution in [0.15, 0.2) is 34.9 Å². The van der Waals surface area contributed by atoms with Crippen molar-refractivity contribution >= 4 is 11.9 Å². The van der Waals surface area contributed by atoms with Crippen LogP contribution in [-0.2, 0) is 17.8 Å². The predicted octanol–water partition coefficient (Wildman–Crippen LogP) is 0.536. The third-order valence-corrected chi connectivity index (χ3v) is 2.94. The third kappa shape index (κ3) is 6.16. The molecule has 0 saturated heterocycles. The fraction of sp³-hybridized carbons (Fsp3) is 0.333. The molecule has 0 atom stereocenters. The smallest absolute Gasteiger partial charge is 0.315 e. The lowest BCUT2D eigenvalue weighted by atomic mass is 10.2. The van der Waals surface area contributed by atoms with E-state index < -0.39 is 6.03 Å². The predicted molar refractivity (Wildman–Crippen MR) is 82.4 cm³/mol. The lowest BCUT2D eigenvalue weighted by Gasteiger charge is -2.08.